The van der Waals surface area contributed by atoms with Gasteiger partial charge in [-0.25, -0.2) is 0 Å². The van der Waals surface area contributed by atoms with E-state index in [0.717, 1.165) is 17.1 Å². The lowest BCUT2D eigenvalue weighted by Gasteiger charge is -2.30. The number of para-hydroxylation sites is 2. The van der Waals surface area contributed by atoms with Crippen LogP contribution in [0.15, 0.2) is 200 Å². The molecular weight excluding hydrogens is 591 g/mol. The van der Waals surface area contributed by atoms with Crippen LogP contribution in [0.5, 0.6) is 0 Å². The normalized spacial score (nSPS) is 11.3. The van der Waals surface area contributed by atoms with Gasteiger partial charge in [-0.1, -0.05) is 170 Å². The number of fused-ring (bicyclic) bond motifs is 4. The topological polar surface area (TPSA) is 3.24 Å². The Labute approximate surface area is 287 Å². The Hall–Kier alpha value is -6.44. The van der Waals surface area contributed by atoms with Gasteiger partial charge in [0.25, 0.3) is 0 Å². The summed E-state index contributed by atoms with van der Waals surface area (Å²) in [5.41, 5.74) is 10.6. The molecule has 0 saturated heterocycles. The molecule has 1 heteroatoms. The summed E-state index contributed by atoms with van der Waals surface area (Å²) < 4.78 is 0. The van der Waals surface area contributed by atoms with Crippen LogP contribution in [0.3, 0.4) is 0 Å². The summed E-state index contributed by atoms with van der Waals surface area (Å²) >= 11 is 0. The maximum atomic E-state index is 2.44. The summed E-state index contributed by atoms with van der Waals surface area (Å²) in [5, 5.41) is 7.53. The van der Waals surface area contributed by atoms with Crippen molar-refractivity contribution >= 4 is 49.4 Å². The quantitative estimate of drug-likeness (QED) is 0.167. The molecule has 0 bridgehead atoms. The van der Waals surface area contributed by atoms with Crippen LogP contribution >= 0.6 is 0 Å². The molecule has 0 aromatic heterocycles. The van der Waals surface area contributed by atoms with Crippen LogP contribution in [-0.2, 0) is 0 Å². The number of nitrogens with zero attached hydrogens (tertiary/aromatic N) is 1. The molecule has 0 atom stereocenters. The highest BCUT2D eigenvalue weighted by molar-refractivity contribution is 6.15. The van der Waals surface area contributed by atoms with E-state index < -0.39 is 0 Å². The SMILES string of the molecule is c1ccc(-c2ccccc2N(c2ccc(-c3cccc4ccccc34)cc2)c2ccccc2-c2cc3ccccc3c3ccccc23)cc1. The summed E-state index contributed by atoms with van der Waals surface area (Å²) in [6.45, 7) is 0. The second-order valence-corrected chi connectivity index (χ2v) is 12.5. The van der Waals surface area contributed by atoms with Crippen molar-refractivity contribution in [1.29, 1.82) is 0 Å². The predicted molar refractivity (Wildman–Crippen MR) is 210 cm³/mol. The fourth-order valence-electron chi connectivity index (χ4n) is 7.38. The highest BCUT2D eigenvalue weighted by Gasteiger charge is 2.21. The minimum Gasteiger partial charge on any atom is -0.309 e. The van der Waals surface area contributed by atoms with Crippen LogP contribution in [0, 0.1) is 0 Å². The average molecular weight is 624 g/mol. The molecular formula is C48H33N. The number of hydrogen-bond donors (Lipinski definition) is 0. The van der Waals surface area contributed by atoms with E-state index in [1.54, 1.807) is 0 Å². The van der Waals surface area contributed by atoms with Crippen LogP contribution in [0.4, 0.5) is 17.1 Å². The lowest BCUT2D eigenvalue weighted by molar-refractivity contribution is 1.28. The molecule has 49 heavy (non-hydrogen) atoms. The van der Waals surface area contributed by atoms with Crippen LogP contribution in [0.1, 0.15) is 0 Å². The molecule has 0 aliphatic heterocycles. The zero-order valence-corrected chi connectivity index (χ0v) is 27.0. The van der Waals surface area contributed by atoms with Gasteiger partial charge in [0, 0.05) is 16.8 Å². The molecule has 0 spiro atoms. The Balaban J connectivity index is 1.28. The minimum atomic E-state index is 1.10. The van der Waals surface area contributed by atoms with Crippen molar-refractivity contribution in [3.8, 4) is 33.4 Å². The molecule has 0 aliphatic carbocycles. The molecule has 0 aliphatic rings. The van der Waals surface area contributed by atoms with Crippen LogP contribution in [0.25, 0.3) is 65.7 Å². The smallest absolute Gasteiger partial charge is 0.0540 e. The molecule has 0 heterocycles. The van der Waals surface area contributed by atoms with Gasteiger partial charge in [0.05, 0.1) is 11.4 Å². The average Bonchev–Trinajstić information content (AvgIpc) is 3.18. The third kappa shape index (κ3) is 5.13. The first-order valence-electron chi connectivity index (χ1n) is 16.9. The van der Waals surface area contributed by atoms with Crippen molar-refractivity contribution in [2.45, 2.75) is 0 Å². The molecule has 1 nitrogen and oxygen atoms in total. The highest BCUT2D eigenvalue weighted by Crippen LogP contribution is 2.47. The maximum Gasteiger partial charge on any atom is 0.0540 e. The van der Waals surface area contributed by atoms with Crippen LogP contribution < -0.4 is 4.90 Å². The molecule has 0 radical (unpaired) electrons. The Morgan fingerprint density at radius 3 is 1.55 bits per heavy atom. The van der Waals surface area contributed by atoms with Gasteiger partial charge in [-0.3, -0.25) is 0 Å². The van der Waals surface area contributed by atoms with Gasteiger partial charge in [-0.2, -0.15) is 0 Å². The summed E-state index contributed by atoms with van der Waals surface area (Å²) in [6, 6.07) is 72.5. The molecule has 0 fully saturated rings. The molecule has 0 amide bonds. The summed E-state index contributed by atoms with van der Waals surface area (Å²) in [7, 11) is 0. The van der Waals surface area contributed by atoms with E-state index in [-0.39, 0.29) is 0 Å². The Morgan fingerprint density at radius 2 is 0.776 bits per heavy atom. The van der Waals surface area contributed by atoms with Crippen LogP contribution in [-0.4, -0.2) is 0 Å². The summed E-state index contributed by atoms with van der Waals surface area (Å²) in [4.78, 5) is 2.44. The third-order valence-electron chi connectivity index (χ3n) is 9.66. The molecule has 9 aromatic carbocycles. The summed E-state index contributed by atoms with van der Waals surface area (Å²) in [6.07, 6.45) is 0. The maximum absolute atomic E-state index is 2.44. The fraction of sp³-hybridized carbons (Fsp3) is 0. The Kier molecular flexibility index (Phi) is 7.22. The van der Waals surface area contributed by atoms with E-state index in [1.165, 1.54) is 65.7 Å². The van der Waals surface area contributed by atoms with Crippen molar-refractivity contribution in [3.63, 3.8) is 0 Å². The first-order chi connectivity index (χ1) is 24.3. The molecule has 0 N–H and O–H groups in total. The lowest BCUT2D eigenvalue weighted by Crippen LogP contribution is -2.12. The zero-order valence-electron chi connectivity index (χ0n) is 27.0. The largest absolute Gasteiger partial charge is 0.309 e. The van der Waals surface area contributed by atoms with Gasteiger partial charge in [0.2, 0.25) is 0 Å². The second kappa shape index (κ2) is 12.3. The minimum absolute atomic E-state index is 1.10. The fourth-order valence-corrected chi connectivity index (χ4v) is 7.38. The third-order valence-corrected chi connectivity index (χ3v) is 9.66. The first-order valence-corrected chi connectivity index (χ1v) is 16.9. The molecule has 9 rings (SSSR count). The van der Waals surface area contributed by atoms with E-state index in [4.69, 9.17) is 0 Å². The van der Waals surface area contributed by atoms with Gasteiger partial charge in [0.1, 0.15) is 0 Å². The highest BCUT2D eigenvalue weighted by atomic mass is 15.1. The summed E-state index contributed by atoms with van der Waals surface area (Å²) in [5.74, 6) is 0. The Morgan fingerprint density at radius 1 is 0.265 bits per heavy atom. The monoisotopic (exact) mass is 623 g/mol. The van der Waals surface area contributed by atoms with Gasteiger partial charge >= 0.3 is 0 Å². The van der Waals surface area contributed by atoms with Gasteiger partial charge in [0.15, 0.2) is 0 Å². The zero-order chi connectivity index (χ0) is 32.6. The number of benzene rings is 9. The number of rotatable bonds is 6. The van der Waals surface area contributed by atoms with Crippen molar-refractivity contribution in [2.75, 3.05) is 4.90 Å². The molecule has 0 unspecified atom stereocenters. The molecule has 230 valence electrons. The van der Waals surface area contributed by atoms with Crippen molar-refractivity contribution < 1.29 is 0 Å². The van der Waals surface area contributed by atoms with Gasteiger partial charge < -0.3 is 4.90 Å². The second-order valence-electron chi connectivity index (χ2n) is 12.5. The predicted octanol–water partition coefficient (Wildman–Crippen LogP) is 13.6. The van der Waals surface area contributed by atoms with Gasteiger partial charge in [-0.05, 0) is 84.9 Å². The number of hydrogen-bond acceptors (Lipinski definition) is 1. The van der Waals surface area contributed by atoms with Crippen molar-refractivity contribution in [3.05, 3.63) is 200 Å². The van der Waals surface area contributed by atoms with Crippen LogP contribution in [0.2, 0.25) is 0 Å². The van der Waals surface area contributed by atoms with E-state index in [2.05, 4.69) is 205 Å². The van der Waals surface area contributed by atoms with E-state index in [9.17, 15) is 0 Å². The Bertz CT molecular complexity index is 2590. The van der Waals surface area contributed by atoms with E-state index in [1.807, 2.05) is 0 Å². The molecule has 9 aromatic rings. The standard InChI is InChI=1S/C48H33N/c1-2-15-35(16-3-1)42-22-10-12-27-47(42)49(38-31-29-36(30-32-38)40-26-14-19-34-17-4-6-20-39(34)40)48-28-13-11-25-45(48)46-33-37-18-5-7-21-41(37)43-23-8-9-24-44(43)46/h1-33H. The lowest BCUT2D eigenvalue weighted by atomic mass is 9.91. The number of anilines is 3. The van der Waals surface area contributed by atoms with Crippen molar-refractivity contribution in [1.82, 2.24) is 0 Å². The van der Waals surface area contributed by atoms with Crippen molar-refractivity contribution in [2.24, 2.45) is 0 Å². The van der Waals surface area contributed by atoms with Gasteiger partial charge in [-0.15, -0.1) is 0 Å². The van der Waals surface area contributed by atoms with E-state index in [0.29, 0.717) is 0 Å². The molecule has 0 saturated carbocycles. The first kappa shape index (κ1) is 28.8. The van der Waals surface area contributed by atoms with E-state index >= 15 is 0 Å².